The van der Waals surface area contributed by atoms with Gasteiger partial charge in [0.15, 0.2) is 5.82 Å². The van der Waals surface area contributed by atoms with Gasteiger partial charge in [0.1, 0.15) is 5.56 Å². The highest BCUT2D eigenvalue weighted by Crippen LogP contribution is 2.25. The van der Waals surface area contributed by atoms with Crippen LogP contribution in [0.2, 0.25) is 0 Å². The van der Waals surface area contributed by atoms with E-state index in [2.05, 4.69) is 10.4 Å². The molecule has 1 unspecified atom stereocenters. The van der Waals surface area contributed by atoms with Gasteiger partial charge >= 0.3 is 0 Å². The van der Waals surface area contributed by atoms with Crippen LogP contribution in [-0.4, -0.2) is 44.2 Å². The van der Waals surface area contributed by atoms with Crippen molar-refractivity contribution in [1.82, 2.24) is 24.6 Å². The molecule has 0 saturated carbocycles. The van der Waals surface area contributed by atoms with Crippen LogP contribution in [0.15, 0.2) is 91.4 Å². The molecule has 7 nitrogen and oxygen atoms in total. The first-order chi connectivity index (χ1) is 17.1. The van der Waals surface area contributed by atoms with Gasteiger partial charge in [-0.15, -0.1) is 0 Å². The molecule has 1 fully saturated rings. The van der Waals surface area contributed by atoms with Gasteiger partial charge in [-0.05, 0) is 49.6 Å². The third kappa shape index (κ3) is 4.75. The van der Waals surface area contributed by atoms with Gasteiger partial charge in [0.05, 0.1) is 17.9 Å². The zero-order valence-electron chi connectivity index (χ0n) is 19.7. The topological polar surface area (TPSA) is 72.2 Å². The van der Waals surface area contributed by atoms with Crippen molar-refractivity contribution in [1.29, 1.82) is 0 Å². The molecule has 5 rings (SSSR count). The third-order valence-electron chi connectivity index (χ3n) is 6.64. The molecule has 7 heteroatoms. The molecule has 2 aromatic carbocycles. The second-order valence-corrected chi connectivity index (χ2v) is 8.93. The lowest BCUT2D eigenvalue weighted by Gasteiger charge is -2.32. The monoisotopic (exact) mass is 467 g/mol. The smallest absolute Gasteiger partial charge is 0.259 e. The predicted octanol–water partition coefficient (Wildman–Crippen LogP) is 4.39. The molecule has 2 amide bonds. The molecule has 0 radical (unpaired) electrons. The van der Waals surface area contributed by atoms with Crippen molar-refractivity contribution in [3.63, 3.8) is 0 Å². The van der Waals surface area contributed by atoms with Gasteiger partial charge in [-0.25, -0.2) is 4.68 Å². The van der Waals surface area contributed by atoms with E-state index in [-0.39, 0.29) is 23.8 Å². The van der Waals surface area contributed by atoms with E-state index in [0.717, 1.165) is 11.3 Å². The molecule has 4 aromatic rings. The predicted molar refractivity (Wildman–Crippen MR) is 135 cm³/mol. The summed E-state index contributed by atoms with van der Waals surface area (Å²) in [5.74, 6) is 0.606. The number of aromatic nitrogens is 3. The highest BCUT2D eigenvalue weighted by atomic mass is 16.2. The van der Waals surface area contributed by atoms with E-state index in [1.54, 1.807) is 10.9 Å². The Balaban J connectivity index is 1.28. The van der Waals surface area contributed by atoms with Gasteiger partial charge in [-0.3, -0.25) is 9.59 Å². The number of carbonyl (C=O) groups excluding carboxylic acids is 2. The quantitative estimate of drug-likeness (QED) is 0.457. The van der Waals surface area contributed by atoms with Gasteiger partial charge in [-0.2, -0.15) is 5.10 Å². The number of para-hydroxylation sites is 1. The van der Waals surface area contributed by atoms with Crippen LogP contribution in [0.25, 0.3) is 11.5 Å². The summed E-state index contributed by atoms with van der Waals surface area (Å²) < 4.78 is 3.71. The highest BCUT2D eigenvalue weighted by molar-refractivity contribution is 5.97. The number of rotatable bonds is 6. The highest BCUT2D eigenvalue weighted by Gasteiger charge is 2.31. The minimum Gasteiger partial charge on any atom is -0.349 e. The molecular weight excluding hydrogens is 438 g/mol. The number of piperidine rings is 1. The summed E-state index contributed by atoms with van der Waals surface area (Å²) in [5, 5.41) is 7.68. The molecule has 35 heavy (non-hydrogen) atoms. The first kappa shape index (κ1) is 22.7. The Kier molecular flexibility index (Phi) is 6.48. The summed E-state index contributed by atoms with van der Waals surface area (Å²) in [5.41, 5.74) is 2.52. The standard InChI is InChI=1S/C28H29N5O2/c1-21(22-10-4-2-5-11-22)30-26(34)23-14-18-32(19-15-23)28(35)25-20-29-33(24-12-6-3-7-13-24)27(25)31-16-8-9-17-31/h2-13,16-17,20-21,23H,14-15,18-19H2,1H3,(H,30,34). The second-order valence-electron chi connectivity index (χ2n) is 8.93. The van der Waals surface area contributed by atoms with Crippen LogP contribution in [0.3, 0.4) is 0 Å². The number of nitrogens with zero attached hydrogens (tertiary/aromatic N) is 4. The SMILES string of the molecule is CC(NC(=O)C1CCN(C(=O)c2cnn(-c3ccccc3)c2-n2cccc2)CC1)c1ccccc1. The number of likely N-dealkylation sites (tertiary alicyclic amines) is 1. The minimum absolute atomic E-state index is 0.0451. The molecule has 2 aromatic heterocycles. The van der Waals surface area contributed by atoms with Crippen molar-refractivity contribution in [2.45, 2.75) is 25.8 Å². The van der Waals surface area contributed by atoms with Gasteiger partial charge in [0.2, 0.25) is 5.91 Å². The fraction of sp³-hybridized carbons (Fsp3) is 0.250. The number of amides is 2. The Labute approximate surface area is 205 Å². The maximum absolute atomic E-state index is 13.6. The van der Waals surface area contributed by atoms with E-state index in [4.69, 9.17) is 0 Å². The Hall–Kier alpha value is -4.13. The number of nitrogens with one attached hydrogen (secondary N) is 1. The lowest BCUT2D eigenvalue weighted by molar-refractivity contribution is -0.127. The summed E-state index contributed by atoms with van der Waals surface area (Å²) >= 11 is 0. The van der Waals surface area contributed by atoms with Gasteiger partial charge in [-0.1, -0.05) is 48.5 Å². The van der Waals surface area contributed by atoms with Crippen molar-refractivity contribution in [3.05, 3.63) is 103 Å². The normalized spacial score (nSPS) is 15.1. The summed E-state index contributed by atoms with van der Waals surface area (Å²) in [7, 11) is 0. The van der Waals surface area contributed by atoms with Crippen LogP contribution in [0.5, 0.6) is 0 Å². The van der Waals surface area contributed by atoms with Crippen LogP contribution < -0.4 is 5.32 Å². The lowest BCUT2D eigenvalue weighted by Crippen LogP contribution is -2.43. The molecule has 1 N–H and O–H groups in total. The van der Waals surface area contributed by atoms with Gasteiger partial charge in [0, 0.05) is 31.4 Å². The molecule has 1 aliphatic rings. The molecule has 1 aliphatic heterocycles. The molecule has 178 valence electrons. The van der Waals surface area contributed by atoms with Crippen molar-refractivity contribution in [3.8, 4) is 11.5 Å². The van der Waals surface area contributed by atoms with Gasteiger partial charge < -0.3 is 14.8 Å². The molecule has 0 bridgehead atoms. The Morgan fingerprint density at radius 1 is 0.914 bits per heavy atom. The maximum atomic E-state index is 13.6. The average Bonchev–Trinajstić information content (AvgIpc) is 3.59. The van der Waals surface area contributed by atoms with E-state index in [1.165, 1.54) is 0 Å². The number of benzene rings is 2. The second kappa shape index (κ2) is 10.0. The van der Waals surface area contributed by atoms with E-state index < -0.39 is 0 Å². The Morgan fingerprint density at radius 2 is 1.54 bits per heavy atom. The van der Waals surface area contributed by atoms with Crippen molar-refractivity contribution in [2.75, 3.05) is 13.1 Å². The first-order valence-electron chi connectivity index (χ1n) is 12.0. The summed E-state index contributed by atoms with van der Waals surface area (Å²) in [6.07, 6.45) is 6.76. The van der Waals surface area contributed by atoms with Crippen LogP contribution in [0.4, 0.5) is 0 Å². The third-order valence-corrected chi connectivity index (χ3v) is 6.64. The number of carbonyl (C=O) groups is 2. The van der Waals surface area contributed by atoms with Crippen molar-refractivity contribution >= 4 is 11.8 Å². The molecule has 1 saturated heterocycles. The molecule has 3 heterocycles. The zero-order chi connectivity index (χ0) is 24.2. The molecule has 1 atom stereocenters. The summed E-state index contributed by atoms with van der Waals surface area (Å²) in [4.78, 5) is 28.3. The summed E-state index contributed by atoms with van der Waals surface area (Å²) in [6, 6.07) is 23.6. The maximum Gasteiger partial charge on any atom is 0.259 e. The summed E-state index contributed by atoms with van der Waals surface area (Å²) in [6.45, 7) is 3.08. The zero-order valence-corrected chi connectivity index (χ0v) is 19.7. The minimum atomic E-state index is -0.0961. The number of hydrogen-bond donors (Lipinski definition) is 1. The molecule has 0 spiro atoms. The Bertz CT molecular complexity index is 1270. The fourth-order valence-corrected chi connectivity index (χ4v) is 4.65. The van der Waals surface area contributed by atoms with Crippen LogP contribution in [0, 0.1) is 5.92 Å². The fourth-order valence-electron chi connectivity index (χ4n) is 4.65. The lowest BCUT2D eigenvalue weighted by atomic mass is 9.94. The Morgan fingerprint density at radius 3 is 2.20 bits per heavy atom. The molecule has 0 aliphatic carbocycles. The van der Waals surface area contributed by atoms with E-state index in [0.29, 0.717) is 37.3 Å². The van der Waals surface area contributed by atoms with Crippen LogP contribution in [0.1, 0.15) is 41.7 Å². The average molecular weight is 468 g/mol. The van der Waals surface area contributed by atoms with E-state index in [1.807, 2.05) is 102 Å². The van der Waals surface area contributed by atoms with Crippen LogP contribution in [-0.2, 0) is 4.79 Å². The van der Waals surface area contributed by atoms with Crippen molar-refractivity contribution in [2.24, 2.45) is 5.92 Å². The first-order valence-corrected chi connectivity index (χ1v) is 12.0. The largest absolute Gasteiger partial charge is 0.349 e. The van der Waals surface area contributed by atoms with Gasteiger partial charge in [0.25, 0.3) is 5.91 Å². The van der Waals surface area contributed by atoms with E-state index in [9.17, 15) is 9.59 Å². The molecular formula is C28H29N5O2. The number of hydrogen-bond acceptors (Lipinski definition) is 3. The van der Waals surface area contributed by atoms with Crippen LogP contribution >= 0.6 is 0 Å². The van der Waals surface area contributed by atoms with E-state index >= 15 is 0 Å². The van der Waals surface area contributed by atoms with Crippen molar-refractivity contribution < 1.29 is 9.59 Å².